The third-order valence-electron chi connectivity index (χ3n) is 3.72. The van der Waals surface area contributed by atoms with Crippen molar-refractivity contribution in [2.75, 3.05) is 19.8 Å². The summed E-state index contributed by atoms with van der Waals surface area (Å²) in [5.41, 5.74) is 1.14. The van der Waals surface area contributed by atoms with Crippen LogP contribution in [0.1, 0.15) is 12.0 Å². The van der Waals surface area contributed by atoms with Crippen molar-refractivity contribution in [3.63, 3.8) is 0 Å². The summed E-state index contributed by atoms with van der Waals surface area (Å²) in [6, 6.07) is 15.5. The molecule has 0 bridgehead atoms. The lowest BCUT2D eigenvalue weighted by Crippen LogP contribution is -2.29. The summed E-state index contributed by atoms with van der Waals surface area (Å²) in [5, 5.41) is 0. The van der Waals surface area contributed by atoms with Crippen LogP contribution in [-0.2, 0) is 26.3 Å². The second-order valence-corrected chi connectivity index (χ2v) is 9.63. The van der Waals surface area contributed by atoms with Crippen LogP contribution in [0.15, 0.2) is 64.4 Å². The topological polar surface area (TPSA) is 71.5 Å². The molecular formula is C17H21NO4S2. The van der Waals surface area contributed by atoms with E-state index >= 15 is 0 Å². The van der Waals surface area contributed by atoms with Crippen molar-refractivity contribution in [2.45, 2.75) is 22.6 Å². The van der Waals surface area contributed by atoms with Crippen molar-refractivity contribution >= 4 is 19.9 Å². The zero-order chi connectivity index (χ0) is 17.8. The minimum Gasteiger partial charge on any atom is -0.224 e. The fourth-order valence-electron chi connectivity index (χ4n) is 2.41. The van der Waals surface area contributed by atoms with Gasteiger partial charge in [0.1, 0.15) is 4.90 Å². The van der Waals surface area contributed by atoms with Gasteiger partial charge in [-0.3, -0.25) is 0 Å². The van der Waals surface area contributed by atoms with Crippen LogP contribution >= 0.6 is 0 Å². The maximum Gasteiger partial charge on any atom is 0.244 e. The summed E-state index contributed by atoms with van der Waals surface area (Å²) >= 11 is 0. The summed E-state index contributed by atoms with van der Waals surface area (Å²) in [4.78, 5) is -0.338. The van der Waals surface area contributed by atoms with Gasteiger partial charge in [-0.15, -0.1) is 0 Å². The second-order valence-electron chi connectivity index (χ2n) is 5.63. The standard InChI is InChI=1S/C17H21NO4S2/c1-18(14-8-11-15-9-4-3-5-10-15)24(21,22)17-13-7-6-12-16(17)23(2,19)20/h3-7,9-10,12-13H,8,11,14H2,1-2H3. The normalized spacial score (nSPS) is 12.5. The van der Waals surface area contributed by atoms with Gasteiger partial charge in [-0.25, -0.2) is 21.1 Å². The minimum absolute atomic E-state index is 0.167. The molecule has 2 aromatic carbocycles. The van der Waals surface area contributed by atoms with E-state index < -0.39 is 19.9 Å². The number of hydrogen-bond acceptors (Lipinski definition) is 4. The highest BCUT2D eigenvalue weighted by atomic mass is 32.2. The van der Waals surface area contributed by atoms with E-state index in [0.717, 1.165) is 18.2 Å². The molecule has 130 valence electrons. The lowest BCUT2D eigenvalue weighted by atomic mass is 10.1. The number of benzene rings is 2. The van der Waals surface area contributed by atoms with E-state index in [0.29, 0.717) is 13.0 Å². The molecule has 0 aliphatic heterocycles. The lowest BCUT2D eigenvalue weighted by Gasteiger charge is -2.18. The Hall–Kier alpha value is -1.70. The number of rotatable bonds is 7. The molecule has 0 fully saturated rings. The Morgan fingerprint density at radius 2 is 1.38 bits per heavy atom. The molecule has 0 N–H and O–H groups in total. The molecule has 0 heterocycles. The molecule has 0 saturated carbocycles. The molecule has 0 aliphatic rings. The van der Waals surface area contributed by atoms with Crippen molar-refractivity contribution in [2.24, 2.45) is 0 Å². The Morgan fingerprint density at radius 1 is 0.833 bits per heavy atom. The van der Waals surface area contributed by atoms with Crippen molar-refractivity contribution in [3.8, 4) is 0 Å². The van der Waals surface area contributed by atoms with E-state index in [9.17, 15) is 16.8 Å². The van der Waals surface area contributed by atoms with Crippen LogP contribution in [-0.4, -0.2) is 41.0 Å². The van der Waals surface area contributed by atoms with Crippen molar-refractivity contribution in [1.29, 1.82) is 0 Å². The number of aryl methyl sites for hydroxylation is 1. The van der Waals surface area contributed by atoms with Crippen LogP contribution in [0.2, 0.25) is 0 Å². The fraction of sp³-hybridized carbons (Fsp3) is 0.294. The molecule has 0 amide bonds. The van der Waals surface area contributed by atoms with Gasteiger partial charge in [0.2, 0.25) is 10.0 Å². The molecule has 0 spiro atoms. The van der Waals surface area contributed by atoms with Crippen LogP contribution in [0.5, 0.6) is 0 Å². The quantitative estimate of drug-likeness (QED) is 0.753. The first-order valence-electron chi connectivity index (χ1n) is 7.52. The molecule has 0 aromatic heterocycles. The van der Waals surface area contributed by atoms with Crippen molar-refractivity contribution in [3.05, 3.63) is 60.2 Å². The van der Waals surface area contributed by atoms with E-state index in [4.69, 9.17) is 0 Å². The van der Waals surface area contributed by atoms with Gasteiger partial charge in [0.05, 0.1) is 4.90 Å². The predicted molar refractivity (Wildman–Crippen MR) is 94.1 cm³/mol. The van der Waals surface area contributed by atoms with Crippen molar-refractivity contribution < 1.29 is 16.8 Å². The molecule has 0 unspecified atom stereocenters. The van der Waals surface area contributed by atoms with Gasteiger partial charge in [0.15, 0.2) is 9.84 Å². The first-order valence-corrected chi connectivity index (χ1v) is 10.9. The zero-order valence-corrected chi connectivity index (χ0v) is 15.3. The molecule has 0 atom stereocenters. The highest BCUT2D eigenvalue weighted by Gasteiger charge is 2.26. The van der Waals surface area contributed by atoms with Gasteiger partial charge >= 0.3 is 0 Å². The molecule has 0 aliphatic carbocycles. The Labute approximate surface area is 143 Å². The Kier molecular flexibility index (Phi) is 5.79. The molecule has 2 aromatic rings. The summed E-state index contributed by atoms with van der Waals surface area (Å²) in [7, 11) is -6.00. The van der Waals surface area contributed by atoms with Gasteiger partial charge in [0.25, 0.3) is 0 Å². The van der Waals surface area contributed by atoms with Crippen molar-refractivity contribution in [1.82, 2.24) is 4.31 Å². The Balaban J connectivity index is 2.16. The highest BCUT2D eigenvalue weighted by Crippen LogP contribution is 2.23. The lowest BCUT2D eigenvalue weighted by molar-refractivity contribution is 0.459. The maximum absolute atomic E-state index is 12.7. The van der Waals surface area contributed by atoms with E-state index in [1.165, 1.54) is 35.6 Å². The molecule has 0 saturated heterocycles. The molecule has 7 heteroatoms. The average Bonchev–Trinajstić information content (AvgIpc) is 2.55. The SMILES string of the molecule is CN(CCCc1ccccc1)S(=O)(=O)c1ccccc1S(C)(=O)=O. The van der Waals surface area contributed by atoms with Gasteiger partial charge < -0.3 is 0 Å². The van der Waals surface area contributed by atoms with Crippen LogP contribution in [0.25, 0.3) is 0 Å². The van der Waals surface area contributed by atoms with E-state index in [1.807, 2.05) is 30.3 Å². The highest BCUT2D eigenvalue weighted by molar-refractivity contribution is 7.93. The third kappa shape index (κ3) is 4.43. The van der Waals surface area contributed by atoms with E-state index in [-0.39, 0.29) is 9.79 Å². The van der Waals surface area contributed by atoms with Gasteiger partial charge in [-0.2, -0.15) is 0 Å². The Bertz CT molecular complexity index is 891. The van der Waals surface area contributed by atoms with E-state index in [2.05, 4.69) is 0 Å². The van der Waals surface area contributed by atoms with Gasteiger partial charge in [-0.05, 0) is 30.5 Å². The maximum atomic E-state index is 12.7. The molecular weight excluding hydrogens is 346 g/mol. The van der Waals surface area contributed by atoms with Crippen LogP contribution in [0, 0.1) is 0 Å². The van der Waals surface area contributed by atoms with Gasteiger partial charge in [0, 0.05) is 19.8 Å². The van der Waals surface area contributed by atoms with Crippen LogP contribution in [0.4, 0.5) is 0 Å². The number of nitrogens with zero attached hydrogens (tertiary/aromatic N) is 1. The van der Waals surface area contributed by atoms with Crippen LogP contribution in [0.3, 0.4) is 0 Å². The summed E-state index contributed by atoms with van der Waals surface area (Å²) in [5.74, 6) is 0. The number of hydrogen-bond donors (Lipinski definition) is 0. The van der Waals surface area contributed by atoms with Crippen LogP contribution < -0.4 is 0 Å². The summed E-state index contributed by atoms with van der Waals surface area (Å²) in [6.07, 6.45) is 2.42. The smallest absolute Gasteiger partial charge is 0.224 e. The third-order valence-corrected chi connectivity index (χ3v) is 6.92. The van der Waals surface area contributed by atoms with E-state index in [1.54, 1.807) is 0 Å². The zero-order valence-electron chi connectivity index (χ0n) is 13.7. The monoisotopic (exact) mass is 367 g/mol. The summed E-state index contributed by atoms with van der Waals surface area (Å²) < 4.78 is 50.3. The first-order chi connectivity index (χ1) is 11.2. The number of sulfone groups is 1. The minimum atomic E-state index is -3.85. The molecule has 5 nitrogen and oxygen atoms in total. The predicted octanol–water partition coefficient (Wildman–Crippen LogP) is 2.34. The second kappa shape index (κ2) is 7.46. The number of sulfonamides is 1. The fourth-order valence-corrected chi connectivity index (χ4v) is 5.22. The summed E-state index contributed by atoms with van der Waals surface area (Å²) in [6.45, 7) is 0.315. The van der Waals surface area contributed by atoms with Gasteiger partial charge in [-0.1, -0.05) is 42.5 Å². The molecule has 0 radical (unpaired) electrons. The first kappa shape index (κ1) is 18.6. The Morgan fingerprint density at radius 3 is 1.96 bits per heavy atom. The largest absolute Gasteiger partial charge is 0.244 e. The molecule has 2 rings (SSSR count). The average molecular weight is 367 g/mol. The molecule has 24 heavy (non-hydrogen) atoms.